The number of H-pyrrole nitrogens is 1. The number of benzene rings is 1. The van der Waals surface area contributed by atoms with Crippen molar-refractivity contribution in [3.8, 4) is 5.69 Å². The maximum Gasteiger partial charge on any atom is 0.183 e. The van der Waals surface area contributed by atoms with Crippen LogP contribution in [0.15, 0.2) is 30.5 Å². The molecule has 0 fully saturated rings. The first kappa shape index (κ1) is 12.1. The standard InChI is InChI=1S/C15H12ClN3S/c16-11-7-13-14(17-8-11)19(15(20)18-13)12-5-4-9-2-1-3-10(9)6-12/h4-8H,1-3H2,(H,18,20). The molecule has 1 aliphatic carbocycles. The van der Waals surface area contributed by atoms with E-state index >= 15 is 0 Å². The van der Waals surface area contributed by atoms with Gasteiger partial charge in [-0.25, -0.2) is 4.98 Å². The third-order valence-electron chi connectivity index (χ3n) is 3.83. The van der Waals surface area contributed by atoms with Crippen LogP contribution in [0.5, 0.6) is 0 Å². The van der Waals surface area contributed by atoms with Gasteiger partial charge >= 0.3 is 0 Å². The second kappa shape index (κ2) is 4.43. The van der Waals surface area contributed by atoms with Gasteiger partial charge in [-0.15, -0.1) is 0 Å². The van der Waals surface area contributed by atoms with Crippen LogP contribution < -0.4 is 0 Å². The van der Waals surface area contributed by atoms with Gasteiger partial charge in [-0.2, -0.15) is 0 Å². The van der Waals surface area contributed by atoms with E-state index in [1.807, 2.05) is 10.6 Å². The van der Waals surface area contributed by atoms with Gasteiger partial charge in [0.05, 0.1) is 16.2 Å². The van der Waals surface area contributed by atoms with Crippen molar-refractivity contribution in [2.24, 2.45) is 0 Å². The Bertz CT molecular complexity index is 878. The third-order valence-corrected chi connectivity index (χ3v) is 4.32. The lowest BCUT2D eigenvalue weighted by Crippen LogP contribution is -1.97. The Balaban J connectivity index is 1.98. The molecule has 0 bridgehead atoms. The maximum absolute atomic E-state index is 5.98. The molecule has 0 spiro atoms. The first-order chi connectivity index (χ1) is 9.72. The molecule has 0 atom stereocenters. The Morgan fingerprint density at radius 3 is 2.95 bits per heavy atom. The lowest BCUT2D eigenvalue weighted by Gasteiger charge is -2.06. The smallest absolute Gasteiger partial charge is 0.183 e. The van der Waals surface area contributed by atoms with Crippen molar-refractivity contribution in [2.45, 2.75) is 19.3 Å². The summed E-state index contributed by atoms with van der Waals surface area (Å²) in [6, 6.07) is 8.39. The molecular formula is C15H12ClN3S. The number of pyridine rings is 1. The van der Waals surface area contributed by atoms with Gasteiger partial charge in [0.15, 0.2) is 10.4 Å². The van der Waals surface area contributed by atoms with Crippen molar-refractivity contribution in [3.05, 3.63) is 51.4 Å². The number of rotatable bonds is 1. The molecule has 4 rings (SSSR count). The highest BCUT2D eigenvalue weighted by Gasteiger charge is 2.14. The summed E-state index contributed by atoms with van der Waals surface area (Å²) in [5.41, 5.74) is 5.63. The molecular weight excluding hydrogens is 290 g/mol. The van der Waals surface area contributed by atoms with Crippen molar-refractivity contribution in [1.82, 2.24) is 14.5 Å². The summed E-state index contributed by atoms with van der Waals surface area (Å²) in [5, 5.41) is 0.606. The van der Waals surface area contributed by atoms with Gasteiger partial charge in [0.25, 0.3) is 0 Å². The number of nitrogens with zero attached hydrogens (tertiary/aromatic N) is 2. The summed E-state index contributed by atoms with van der Waals surface area (Å²) in [6.07, 6.45) is 5.23. The summed E-state index contributed by atoms with van der Waals surface area (Å²) in [7, 11) is 0. The molecule has 3 nitrogen and oxygen atoms in total. The van der Waals surface area contributed by atoms with E-state index in [0.717, 1.165) is 23.3 Å². The number of aromatic amines is 1. The van der Waals surface area contributed by atoms with Crippen molar-refractivity contribution in [3.63, 3.8) is 0 Å². The van der Waals surface area contributed by atoms with E-state index in [4.69, 9.17) is 23.8 Å². The molecule has 5 heteroatoms. The second-order valence-corrected chi connectivity index (χ2v) is 5.92. The first-order valence-electron chi connectivity index (χ1n) is 6.61. The summed E-state index contributed by atoms with van der Waals surface area (Å²) in [5.74, 6) is 0. The Morgan fingerprint density at radius 2 is 2.05 bits per heavy atom. The van der Waals surface area contributed by atoms with Gasteiger partial charge in [-0.1, -0.05) is 17.7 Å². The monoisotopic (exact) mass is 301 g/mol. The van der Waals surface area contributed by atoms with Gasteiger partial charge in [0.1, 0.15) is 0 Å². The lowest BCUT2D eigenvalue weighted by atomic mass is 10.1. The van der Waals surface area contributed by atoms with Gasteiger partial charge in [0.2, 0.25) is 0 Å². The van der Waals surface area contributed by atoms with Crippen LogP contribution in [0.4, 0.5) is 0 Å². The number of hydrogen-bond donors (Lipinski definition) is 1. The van der Waals surface area contributed by atoms with E-state index in [1.54, 1.807) is 6.20 Å². The second-order valence-electron chi connectivity index (χ2n) is 5.10. The SMILES string of the molecule is S=c1[nH]c2cc(Cl)cnc2n1-c1ccc2c(c1)CCC2. The molecule has 1 N–H and O–H groups in total. The zero-order chi connectivity index (χ0) is 13.7. The van der Waals surface area contributed by atoms with Gasteiger partial charge in [0, 0.05) is 6.20 Å². The van der Waals surface area contributed by atoms with Crippen LogP contribution >= 0.6 is 23.8 Å². The maximum atomic E-state index is 5.98. The number of aromatic nitrogens is 3. The van der Waals surface area contributed by atoms with E-state index in [9.17, 15) is 0 Å². The average molecular weight is 302 g/mol. The van der Waals surface area contributed by atoms with Crippen LogP contribution in [0.3, 0.4) is 0 Å². The van der Waals surface area contributed by atoms with E-state index in [0.29, 0.717) is 9.79 Å². The van der Waals surface area contributed by atoms with E-state index in [2.05, 4.69) is 28.2 Å². The molecule has 0 aliphatic heterocycles. The van der Waals surface area contributed by atoms with Crippen LogP contribution in [0.2, 0.25) is 5.02 Å². The summed E-state index contributed by atoms with van der Waals surface area (Å²) in [6.45, 7) is 0. The van der Waals surface area contributed by atoms with Crippen molar-refractivity contribution in [1.29, 1.82) is 0 Å². The molecule has 0 saturated carbocycles. The van der Waals surface area contributed by atoms with Crippen molar-refractivity contribution < 1.29 is 0 Å². The first-order valence-corrected chi connectivity index (χ1v) is 7.39. The molecule has 20 heavy (non-hydrogen) atoms. The third kappa shape index (κ3) is 1.79. The fourth-order valence-electron chi connectivity index (χ4n) is 2.91. The lowest BCUT2D eigenvalue weighted by molar-refractivity contribution is 0.911. The van der Waals surface area contributed by atoms with Crippen LogP contribution in [0.25, 0.3) is 16.9 Å². The number of halogens is 1. The number of fused-ring (bicyclic) bond motifs is 2. The molecule has 3 aromatic rings. The Morgan fingerprint density at radius 1 is 1.20 bits per heavy atom. The minimum atomic E-state index is 0.606. The fraction of sp³-hybridized carbons (Fsp3) is 0.200. The van der Waals surface area contributed by atoms with Gasteiger partial charge in [-0.05, 0) is 60.8 Å². The highest BCUT2D eigenvalue weighted by Crippen LogP contribution is 2.26. The molecule has 1 aliphatic rings. The van der Waals surface area contributed by atoms with Gasteiger partial charge in [-0.3, -0.25) is 4.57 Å². The number of aryl methyl sites for hydroxylation is 2. The van der Waals surface area contributed by atoms with Crippen molar-refractivity contribution in [2.75, 3.05) is 0 Å². The quantitative estimate of drug-likeness (QED) is 0.683. The predicted molar refractivity (Wildman–Crippen MR) is 83.3 cm³/mol. The van der Waals surface area contributed by atoms with E-state index in [-0.39, 0.29) is 0 Å². The number of hydrogen-bond acceptors (Lipinski definition) is 2. The molecule has 0 amide bonds. The van der Waals surface area contributed by atoms with Crippen LogP contribution in [0, 0.1) is 4.77 Å². The summed E-state index contributed by atoms with van der Waals surface area (Å²) in [4.78, 5) is 7.57. The normalized spacial score (nSPS) is 13.8. The molecule has 100 valence electrons. The van der Waals surface area contributed by atoms with Crippen LogP contribution in [-0.2, 0) is 12.8 Å². The van der Waals surface area contributed by atoms with E-state index < -0.39 is 0 Å². The minimum absolute atomic E-state index is 0.606. The van der Waals surface area contributed by atoms with Gasteiger partial charge < -0.3 is 4.98 Å². The molecule has 0 unspecified atom stereocenters. The minimum Gasteiger partial charge on any atom is -0.329 e. The largest absolute Gasteiger partial charge is 0.329 e. The highest BCUT2D eigenvalue weighted by molar-refractivity contribution is 7.71. The Kier molecular flexibility index (Phi) is 2.69. The van der Waals surface area contributed by atoms with Crippen molar-refractivity contribution >= 4 is 35.0 Å². The number of nitrogens with one attached hydrogen (secondary N) is 1. The molecule has 0 saturated heterocycles. The highest BCUT2D eigenvalue weighted by atomic mass is 35.5. The number of imidazole rings is 1. The predicted octanol–water partition coefficient (Wildman–Crippen LogP) is 4.23. The molecule has 2 heterocycles. The molecule has 1 aromatic carbocycles. The average Bonchev–Trinajstić information content (AvgIpc) is 3.00. The summed E-state index contributed by atoms with van der Waals surface area (Å²) >= 11 is 11.4. The fourth-order valence-corrected chi connectivity index (χ4v) is 3.37. The Labute approximate surface area is 126 Å². The molecule has 2 aromatic heterocycles. The van der Waals surface area contributed by atoms with Crippen LogP contribution in [0.1, 0.15) is 17.5 Å². The van der Waals surface area contributed by atoms with E-state index in [1.165, 1.54) is 24.0 Å². The zero-order valence-electron chi connectivity index (χ0n) is 10.7. The molecule has 0 radical (unpaired) electrons. The van der Waals surface area contributed by atoms with Crippen LogP contribution in [-0.4, -0.2) is 14.5 Å². The Hall–Kier alpha value is -1.65. The summed E-state index contributed by atoms with van der Waals surface area (Å²) < 4.78 is 2.62. The topological polar surface area (TPSA) is 33.6 Å². The zero-order valence-corrected chi connectivity index (χ0v) is 12.3.